The second-order valence-corrected chi connectivity index (χ2v) is 14.2. The van der Waals surface area contributed by atoms with Gasteiger partial charge >= 0.3 is 12.2 Å². The van der Waals surface area contributed by atoms with E-state index in [0.717, 1.165) is 42.0 Å². The number of hydrogen-bond acceptors (Lipinski definition) is 12. The summed E-state index contributed by atoms with van der Waals surface area (Å²) in [5, 5.41) is 3.64. The molecule has 302 valence electrons. The molecule has 6 heterocycles. The van der Waals surface area contributed by atoms with Gasteiger partial charge in [0.25, 0.3) is 17.7 Å². The summed E-state index contributed by atoms with van der Waals surface area (Å²) in [6, 6.07) is 7.61. The van der Waals surface area contributed by atoms with Crippen LogP contribution < -0.4 is 14.4 Å². The first-order chi connectivity index (χ1) is 27.1. The summed E-state index contributed by atoms with van der Waals surface area (Å²) in [7, 11) is 6.54. The Morgan fingerprint density at radius 2 is 1.60 bits per heavy atom. The summed E-state index contributed by atoms with van der Waals surface area (Å²) >= 11 is 6.53. The largest absolute Gasteiger partial charge is 0.493 e. The minimum Gasteiger partial charge on any atom is -0.493 e. The molecule has 3 fully saturated rings. The van der Waals surface area contributed by atoms with Crippen molar-refractivity contribution in [2.75, 3.05) is 98.7 Å². The van der Waals surface area contributed by atoms with Crippen LogP contribution in [0, 0.1) is 0 Å². The number of carbonyl (C=O) groups excluding carboxylic acids is 4. The fraction of sp³-hybridized carbons (Fsp3) is 0.405. The fourth-order valence-corrected chi connectivity index (χ4v) is 6.93. The Morgan fingerprint density at radius 1 is 0.912 bits per heavy atom. The highest BCUT2D eigenvalue weighted by Crippen LogP contribution is 2.37. The molecule has 3 saturated heterocycles. The summed E-state index contributed by atoms with van der Waals surface area (Å²) in [6.45, 7) is 4.48. The number of methoxy groups -OCH3 is 1. The molecular formula is C37H39ClF3N9O7. The zero-order valence-corrected chi connectivity index (χ0v) is 32.3. The number of urea groups is 1. The first-order valence-corrected chi connectivity index (χ1v) is 18.4. The lowest BCUT2D eigenvalue weighted by atomic mass is 10.1. The molecule has 5 amide bonds. The average molecular weight is 814 g/mol. The smallest absolute Gasteiger partial charge is 0.433 e. The van der Waals surface area contributed by atoms with Crippen molar-refractivity contribution in [3.63, 3.8) is 0 Å². The standard InChI is InChI=1S/C37H39ClF3N9O7/c1-44-9-13-47(14-10-44)29-8-6-23(57-29)20-24-33(51)46(3)36(54)49(34(24)52)17-18-56-27-19-22(5-7-26(27)55-4)25-21-28(37(39,40)41)50-32(42-25)30(38)31(43-50)35(53)48-15-11-45(2)12-16-48/h5-8,19-21H,9-18H2,1-4H3. The number of halogens is 4. The van der Waals surface area contributed by atoms with Crippen LogP contribution in [0.1, 0.15) is 21.9 Å². The van der Waals surface area contributed by atoms with Gasteiger partial charge in [-0.3, -0.25) is 24.2 Å². The van der Waals surface area contributed by atoms with E-state index in [2.05, 4.69) is 19.9 Å². The molecule has 0 unspecified atom stereocenters. The van der Waals surface area contributed by atoms with Crippen LogP contribution in [0.3, 0.4) is 0 Å². The quantitative estimate of drug-likeness (QED) is 0.179. The van der Waals surface area contributed by atoms with Crippen LogP contribution in [0.15, 0.2) is 46.4 Å². The molecule has 57 heavy (non-hydrogen) atoms. The Morgan fingerprint density at radius 3 is 2.26 bits per heavy atom. The predicted molar refractivity (Wildman–Crippen MR) is 200 cm³/mol. The van der Waals surface area contributed by atoms with Crippen LogP contribution in [0.5, 0.6) is 11.5 Å². The summed E-state index contributed by atoms with van der Waals surface area (Å²) in [4.78, 5) is 66.8. The predicted octanol–water partition coefficient (Wildman–Crippen LogP) is 3.69. The van der Waals surface area contributed by atoms with E-state index in [4.69, 9.17) is 25.5 Å². The number of benzene rings is 1. The van der Waals surface area contributed by atoms with Gasteiger partial charge in [-0.2, -0.15) is 18.3 Å². The fourth-order valence-electron chi connectivity index (χ4n) is 6.68. The first kappa shape index (κ1) is 39.6. The van der Waals surface area contributed by atoms with E-state index in [9.17, 15) is 32.3 Å². The Balaban J connectivity index is 1.11. The van der Waals surface area contributed by atoms with E-state index in [-0.39, 0.29) is 63.6 Å². The van der Waals surface area contributed by atoms with Crippen LogP contribution in [0.4, 0.5) is 23.8 Å². The van der Waals surface area contributed by atoms with Crippen LogP contribution >= 0.6 is 11.6 Å². The molecule has 1 aromatic carbocycles. The number of piperazine rings is 2. The summed E-state index contributed by atoms with van der Waals surface area (Å²) in [5.74, 6) is -1.16. The highest BCUT2D eigenvalue weighted by Gasteiger charge is 2.41. The lowest BCUT2D eigenvalue weighted by Crippen LogP contribution is -2.55. The summed E-state index contributed by atoms with van der Waals surface area (Å²) < 4.78 is 61.2. The lowest BCUT2D eigenvalue weighted by Gasteiger charge is -2.32. The summed E-state index contributed by atoms with van der Waals surface area (Å²) in [5.41, 5.74) is -2.21. The van der Waals surface area contributed by atoms with Gasteiger partial charge in [0.05, 0.1) is 19.3 Å². The Labute approximate surface area is 329 Å². The van der Waals surface area contributed by atoms with Gasteiger partial charge in [-0.25, -0.2) is 14.3 Å². The highest BCUT2D eigenvalue weighted by molar-refractivity contribution is 6.36. The van der Waals surface area contributed by atoms with Crippen LogP contribution in [0.2, 0.25) is 5.02 Å². The number of amides is 5. The number of ether oxygens (including phenoxy) is 2. The number of aromatic nitrogens is 3. The zero-order chi connectivity index (χ0) is 40.8. The SMILES string of the molecule is COc1ccc(-c2cc(C(F)(F)F)n3nc(C(=O)N4CCN(C)CC4)c(Cl)c3n2)cc1OCCN1C(=O)C(=Cc2ccc(N3CCN(C)CC3)o2)C(=O)N(C)C1=O. The second-order valence-electron chi connectivity index (χ2n) is 13.9. The van der Waals surface area contributed by atoms with Crippen molar-refractivity contribution in [1.82, 2.24) is 39.1 Å². The molecule has 16 nitrogen and oxygen atoms in total. The molecule has 0 aliphatic carbocycles. The number of barbiturate groups is 1. The van der Waals surface area contributed by atoms with Crippen LogP contribution in [-0.2, 0) is 15.8 Å². The summed E-state index contributed by atoms with van der Waals surface area (Å²) in [6.07, 6.45) is -3.62. The minimum absolute atomic E-state index is 0.0555. The number of hydrogen-bond donors (Lipinski definition) is 0. The van der Waals surface area contributed by atoms with E-state index >= 15 is 0 Å². The van der Waals surface area contributed by atoms with E-state index in [0.29, 0.717) is 36.6 Å². The molecule has 0 atom stereocenters. The second kappa shape index (κ2) is 15.7. The Bertz CT molecular complexity index is 2260. The van der Waals surface area contributed by atoms with Crippen molar-refractivity contribution >= 4 is 53.0 Å². The molecule has 3 aliphatic heterocycles. The third kappa shape index (κ3) is 7.86. The lowest BCUT2D eigenvalue weighted by molar-refractivity contribution is -0.142. The van der Waals surface area contributed by atoms with Crippen molar-refractivity contribution in [1.29, 1.82) is 0 Å². The van der Waals surface area contributed by atoms with E-state index in [1.54, 1.807) is 12.1 Å². The molecule has 0 bridgehead atoms. The molecular weight excluding hydrogens is 775 g/mol. The first-order valence-electron chi connectivity index (χ1n) is 18.0. The third-order valence-electron chi connectivity index (χ3n) is 10.1. The van der Waals surface area contributed by atoms with Crippen molar-refractivity contribution in [2.45, 2.75) is 6.18 Å². The Hall–Kier alpha value is -5.66. The van der Waals surface area contributed by atoms with Crippen LogP contribution in [-0.4, -0.2) is 157 Å². The monoisotopic (exact) mass is 813 g/mol. The van der Waals surface area contributed by atoms with E-state index < -0.39 is 35.6 Å². The molecule has 7 rings (SSSR count). The van der Waals surface area contributed by atoms with Gasteiger partial charge in [-0.1, -0.05) is 11.6 Å². The molecule has 0 saturated carbocycles. The van der Waals surface area contributed by atoms with Gasteiger partial charge in [-0.15, -0.1) is 0 Å². The number of alkyl halides is 3. The number of fused-ring (bicyclic) bond motifs is 1. The molecule has 0 spiro atoms. The molecule has 4 aromatic rings. The van der Waals surface area contributed by atoms with Crippen LogP contribution in [0.25, 0.3) is 23.0 Å². The normalized spacial score (nSPS) is 18.4. The number of rotatable bonds is 9. The van der Waals surface area contributed by atoms with Crippen molar-refractivity contribution in [2.24, 2.45) is 0 Å². The number of nitrogens with zero attached hydrogens (tertiary/aromatic N) is 9. The minimum atomic E-state index is -4.91. The van der Waals surface area contributed by atoms with Crippen molar-refractivity contribution in [3.8, 4) is 22.8 Å². The van der Waals surface area contributed by atoms with Gasteiger partial charge < -0.3 is 33.5 Å². The molecule has 20 heteroatoms. The van der Waals surface area contributed by atoms with Crippen molar-refractivity contribution in [3.05, 3.63) is 64.1 Å². The highest BCUT2D eigenvalue weighted by atomic mass is 35.5. The van der Waals surface area contributed by atoms with E-state index in [1.165, 1.54) is 43.3 Å². The number of imide groups is 2. The molecule has 0 radical (unpaired) electrons. The third-order valence-corrected chi connectivity index (χ3v) is 10.4. The number of likely N-dealkylation sites (N-methyl/N-ethyl adjacent to an activating group) is 3. The van der Waals surface area contributed by atoms with Gasteiger partial charge in [0, 0.05) is 71.0 Å². The van der Waals surface area contributed by atoms with Gasteiger partial charge in [0.2, 0.25) is 0 Å². The zero-order valence-electron chi connectivity index (χ0n) is 31.5. The molecule has 3 aliphatic rings. The molecule has 3 aromatic heterocycles. The topological polar surface area (TPSA) is 150 Å². The number of carbonyl (C=O) groups is 4. The van der Waals surface area contributed by atoms with Crippen molar-refractivity contribution < 1.29 is 46.2 Å². The van der Waals surface area contributed by atoms with Gasteiger partial charge in [-0.05, 0) is 50.5 Å². The maximum absolute atomic E-state index is 14.5. The Kier molecular flexibility index (Phi) is 10.9. The van der Waals surface area contributed by atoms with Gasteiger partial charge in [0.15, 0.2) is 34.4 Å². The van der Waals surface area contributed by atoms with Gasteiger partial charge in [0.1, 0.15) is 23.0 Å². The maximum atomic E-state index is 14.5. The number of furan rings is 1. The molecule has 0 N–H and O–H groups in total. The average Bonchev–Trinajstić information content (AvgIpc) is 3.80. The number of anilines is 1. The maximum Gasteiger partial charge on any atom is 0.433 e. The van der Waals surface area contributed by atoms with E-state index in [1.807, 2.05) is 19.0 Å².